The number of likely N-dealkylation sites (tertiary alicyclic amines) is 1. The van der Waals surface area contributed by atoms with E-state index < -0.39 is 6.09 Å². The fraction of sp³-hybridized carbons (Fsp3) is 0.818. The average molecular weight is 228 g/mol. The normalized spacial score (nSPS) is 15.3. The van der Waals surface area contributed by atoms with Crippen LogP contribution in [0.3, 0.4) is 0 Å². The van der Waals surface area contributed by atoms with Gasteiger partial charge in [0, 0.05) is 26.1 Å². The van der Waals surface area contributed by atoms with Gasteiger partial charge in [-0.25, -0.2) is 4.79 Å². The molecule has 2 amide bonds. The maximum absolute atomic E-state index is 11.6. The van der Waals surface area contributed by atoms with Crippen molar-refractivity contribution in [2.45, 2.75) is 39.2 Å². The number of rotatable bonds is 4. The molecular weight excluding hydrogens is 208 g/mol. The zero-order chi connectivity index (χ0) is 12.0. The first-order valence-electron chi connectivity index (χ1n) is 5.82. The fourth-order valence-corrected chi connectivity index (χ4v) is 1.65. The molecule has 92 valence electrons. The van der Waals surface area contributed by atoms with Crippen LogP contribution in [0.15, 0.2) is 0 Å². The molecule has 0 radical (unpaired) electrons. The Morgan fingerprint density at radius 2 is 1.94 bits per heavy atom. The Bertz CT molecular complexity index is 248. The Balaban J connectivity index is 2.10. The van der Waals surface area contributed by atoms with E-state index in [0.717, 1.165) is 25.9 Å². The molecule has 0 aromatic heterocycles. The Kier molecular flexibility index (Phi) is 5.08. The van der Waals surface area contributed by atoms with Gasteiger partial charge in [0.1, 0.15) is 0 Å². The molecule has 1 saturated heterocycles. The molecule has 1 aliphatic rings. The number of amides is 2. The van der Waals surface area contributed by atoms with E-state index in [9.17, 15) is 9.59 Å². The Morgan fingerprint density at radius 1 is 1.31 bits per heavy atom. The molecule has 0 aromatic rings. The second-order valence-corrected chi connectivity index (χ2v) is 4.22. The number of carbonyl (C=O) groups is 2. The lowest BCUT2D eigenvalue weighted by atomic mass is 10.3. The molecule has 16 heavy (non-hydrogen) atoms. The van der Waals surface area contributed by atoms with Gasteiger partial charge in [0.05, 0.1) is 6.10 Å². The highest BCUT2D eigenvalue weighted by Gasteiger charge is 2.17. The van der Waals surface area contributed by atoms with Crippen LogP contribution in [-0.2, 0) is 9.53 Å². The first-order chi connectivity index (χ1) is 7.59. The summed E-state index contributed by atoms with van der Waals surface area (Å²) in [6, 6.07) is 0. The highest BCUT2D eigenvalue weighted by molar-refractivity contribution is 5.77. The van der Waals surface area contributed by atoms with Crippen LogP contribution in [0.4, 0.5) is 4.79 Å². The predicted octanol–water partition coefficient (Wildman–Crippen LogP) is 1.13. The van der Waals surface area contributed by atoms with Gasteiger partial charge in [0.25, 0.3) is 0 Å². The largest absolute Gasteiger partial charge is 0.447 e. The molecule has 1 heterocycles. The van der Waals surface area contributed by atoms with E-state index in [-0.39, 0.29) is 12.0 Å². The van der Waals surface area contributed by atoms with Crippen LogP contribution in [0.2, 0.25) is 0 Å². The highest BCUT2D eigenvalue weighted by atomic mass is 16.6. The van der Waals surface area contributed by atoms with E-state index in [4.69, 9.17) is 4.74 Å². The summed E-state index contributed by atoms with van der Waals surface area (Å²) >= 11 is 0. The van der Waals surface area contributed by atoms with Crippen LogP contribution >= 0.6 is 0 Å². The first kappa shape index (κ1) is 12.8. The summed E-state index contributed by atoms with van der Waals surface area (Å²) in [6.07, 6.45) is 1.95. The molecule has 0 atom stereocenters. The summed E-state index contributed by atoms with van der Waals surface area (Å²) in [5, 5.41) is 2.56. The molecule has 1 rings (SSSR count). The van der Waals surface area contributed by atoms with E-state index in [0.29, 0.717) is 13.0 Å². The second kappa shape index (κ2) is 6.35. The maximum atomic E-state index is 11.6. The van der Waals surface area contributed by atoms with Crippen molar-refractivity contribution in [3.63, 3.8) is 0 Å². The molecule has 0 unspecified atom stereocenters. The SMILES string of the molecule is CC(C)OC(=O)NCCC(=O)N1CCCC1. The Labute approximate surface area is 96.1 Å². The number of nitrogens with zero attached hydrogens (tertiary/aromatic N) is 1. The molecule has 0 spiro atoms. The predicted molar refractivity (Wildman–Crippen MR) is 60.1 cm³/mol. The molecule has 0 bridgehead atoms. The van der Waals surface area contributed by atoms with E-state index in [1.165, 1.54) is 0 Å². The Morgan fingerprint density at radius 3 is 2.50 bits per heavy atom. The molecule has 5 heteroatoms. The minimum atomic E-state index is -0.454. The second-order valence-electron chi connectivity index (χ2n) is 4.22. The van der Waals surface area contributed by atoms with E-state index in [1.807, 2.05) is 4.90 Å². The van der Waals surface area contributed by atoms with Gasteiger partial charge in [-0.05, 0) is 26.7 Å². The van der Waals surface area contributed by atoms with Gasteiger partial charge < -0.3 is 15.0 Å². The smallest absolute Gasteiger partial charge is 0.407 e. The molecule has 1 fully saturated rings. The lowest BCUT2D eigenvalue weighted by molar-refractivity contribution is -0.129. The van der Waals surface area contributed by atoms with Crippen LogP contribution in [0.1, 0.15) is 33.1 Å². The van der Waals surface area contributed by atoms with Crippen molar-refractivity contribution in [2.24, 2.45) is 0 Å². The number of nitrogens with one attached hydrogen (secondary N) is 1. The van der Waals surface area contributed by atoms with E-state index in [2.05, 4.69) is 5.32 Å². The number of ether oxygens (including phenoxy) is 1. The third kappa shape index (κ3) is 4.51. The lowest BCUT2D eigenvalue weighted by Gasteiger charge is -2.15. The van der Waals surface area contributed by atoms with Crippen molar-refractivity contribution < 1.29 is 14.3 Å². The van der Waals surface area contributed by atoms with E-state index >= 15 is 0 Å². The van der Waals surface area contributed by atoms with Crippen LogP contribution in [0, 0.1) is 0 Å². The summed E-state index contributed by atoms with van der Waals surface area (Å²) in [5.74, 6) is 0.113. The quantitative estimate of drug-likeness (QED) is 0.784. The van der Waals surface area contributed by atoms with Crippen LogP contribution in [-0.4, -0.2) is 42.6 Å². The van der Waals surface area contributed by atoms with Crippen LogP contribution in [0.25, 0.3) is 0 Å². The summed E-state index contributed by atoms with van der Waals surface area (Å²) in [7, 11) is 0. The number of hydrogen-bond donors (Lipinski definition) is 1. The lowest BCUT2D eigenvalue weighted by Crippen LogP contribution is -2.33. The number of carbonyl (C=O) groups excluding carboxylic acids is 2. The summed E-state index contributed by atoms with van der Waals surface area (Å²) in [6.45, 7) is 5.63. The maximum Gasteiger partial charge on any atom is 0.407 e. The summed E-state index contributed by atoms with van der Waals surface area (Å²) in [4.78, 5) is 24.5. The molecular formula is C11H20N2O3. The zero-order valence-corrected chi connectivity index (χ0v) is 9.99. The van der Waals surface area contributed by atoms with Crippen molar-refractivity contribution >= 4 is 12.0 Å². The fourth-order valence-electron chi connectivity index (χ4n) is 1.65. The van der Waals surface area contributed by atoms with Gasteiger partial charge in [-0.2, -0.15) is 0 Å². The first-order valence-corrected chi connectivity index (χ1v) is 5.82. The Hall–Kier alpha value is -1.26. The molecule has 1 N–H and O–H groups in total. The number of alkyl carbamates (subject to hydrolysis) is 1. The van der Waals surface area contributed by atoms with E-state index in [1.54, 1.807) is 13.8 Å². The topological polar surface area (TPSA) is 58.6 Å². The van der Waals surface area contributed by atoms with Crippen molar-refractivity contribution in [3.05, 3.63) is 0 Å². The third-order valence-corrected chi connectivity index (χ3v) is 2.41. The zero-order valence-electron chi connectivity index (χ0n) is 9.99. The van der Waals surface area contributed by atoms with Crippen LogP contribution < -0.4 is 5.32 Å². The molecule has 0 saturated carbocycles. The molecule has 1 aliphatic heterocycles. The minimum absolute atomic E-state index is 0.113. The van der Waals surface area contributed by atoms with Crippen molar-refractivity contribution in [2.75, 3.05) is 19.6 Å². The van der Waals surface area contributed by atoms with Crippen molar-refractivity contribution in [1.82, 2.24) is 10.2 Å². The molecule has 0 aromatic carbocycles. The standard InChI is InChI=1S/C11H20N2O3/c1-9(2)16-11(15)12-6-5-10(14)13-7-3-4-8-13/h9H,3-8H2,1-2H3,(H,12,15). The van der Waals surface area contributed by atoms with Gasteiger partial charge >= 0.3 is 6.09 Å². The van der Waals surface area contributed by atoms with Crippen molar-refractivity contribution in [3.8, 4) is 0 Å². The number of hydrogen-bond acceptors (Lipinski definition) is 3. The van der Waals surface area contributed by atoms with Crippen molar-refractivity contribution in [1.29, 1.82) is 0 Å². The van der Waals surface area contributed by atoms with Gasteiger partial charge in [0.2, 0.25) is 5.91 Å². The minimum Gasteiger partial charge on any atom is -0.447 e. The van der Waals surface area contributed by atoms with Gasteiger partial charge in [-0.1, -0.05) is 0 Å². The molecule has 5 nitrogen and oxygen atoms in total. The monoisotopic (exact) mass is 228 g/mol. The summed E-state index contributed by atoms with van der Waals surface area (Å²) in [5.41, 5.74) is 0. The molecule has 0 aliphatic carbocycles. The van der Waals surface area contributed by atoms with Gasteiger partial charge in [0.15, 0.2) is 0 Å². The van der Waals surface area contributed by atoms with Gasteiger partial charge in [-0.15, -0.1) is 0 Å². The van der Waals surface area contributed by atoms with Gasteiger partial charge in [-0.3, -0.25) is 4.79 Å². The average Bonchev–Trinajstić information content (AvgIpc) is 2.68. The van der Waals surface area contributed by atoms with Crippen LogP contribution in [0.5, 0.6) is 0 Å². The summed E-state index contributed by atoms with van der Waals surface area (Å²) < 4.78 is 4.88. The highest BCUT2D eigenvalue weighted by Crippen LogP contribution is 2.08. The third-order valence-electron chi connectivity index (χ3n) is 2.41.